The van der Waals surface area contributed by atoms with Crippen molar-refractivity contribution < 1.29 is 23.9 Å². The van der Waals surface area contributed by atoms with E-state index in [1.165, 1.54) is 16.7 Å². The molecule has 0 radical (unpaired) electrons. The summed E-state index contributed by atoms with van der Waals surface area (Å²) in [6, 6.07) is 8.66. The van der Waals surface area contributed by atoms with E-state index in [1.807, 2.05) is 30.3 Å². The van der Waals surface area contributed by atoms with Crippen LogP contribution in [0.25, 0.3) is 0 Å². The van der Waals surface area contributed by atoms with Crippen molar-refractivity contribution >= 4 is 46.8 Å². The molecule has 3 rings (SSSR count). The van der Waals surface area contributed by atoms with Crippen molar-refractivity contribution in [3.05, 3.63) is 47.2 Å². The van der Waals surface area contributed by atoms with Gasteiger partial charge in [-0.25, -0.2) is 0 Å². The van der Waals surface area contributed by atoms with Gasteiger partial charge in [-0.1, -0.05) is 30.3 Å². The number of hydrogen-bond acceptors (Lipinski definition) is 7. The molecule has 1 N–H and O–H groups in total. The quantitative estimate of drug-likeness (QED) is 0.209. The molecule has 174 valence electrons. The highest BCUT2D eigenvalue weighted by atomic mass is 32.2. The first-order chi connectivity index (χ1) is 15.6. The average Bonchev–Trinajstić information content (AvgIpc) is 2.77. The summed E-state index contributed by atoms with van der Waals surface area (Å²) in [6.45, 7) is 4.83. The molecule has 2 atom stereocenters. The minimum absolute atomic E-state index is 0.0367. The number of ether oxygens (including phenoxy) is 2. The molecule has 1 aromatic rings. The molecule has 1 saturated heterocycles. The Morgan fingerprint density at radius 1 is 1.27 bits per heavy atom. The van der Waals surface area contributed by atoms with E-state index in [2.05, 4.69) is 11.2 Å². The normalized spacial score (nSPS) is 19.7. The van der Waals surface area contributed by atoms with Gasteiger partial charge in [0.2, 0.25) is 17.8 Å². The van der Waals surface area contributed by atoms with Crippen LogP contribution in [0, 0.1) is 17.8 Å². The van der Waals surface area contributed by atoms with E-state index >= 15 is 0 Å². The predicted molar refractivity (Wildman–Crippen MR) is 130 cm³/mol. The largest absolute Gasteiger partial charge is 0.445 e. The second-order valence-corrected chi connectivity index (χ2v) is 10.2. The first-order valence-corrected chi connectivity index (χ1v) is 11.9. The predicted octanol–water partition coefficient (Wildman–Crippen LogP) is 2.80. The second-order valence-electron chi connectivity index (χ2n) is 8.68. The topological polar surface area (TPSA) is 84.9 Å². The van der Waals surface area contributed by atoms with Crippen LogP contribution in [0.4, 0.5) is 0 Å². The lowest BCUT2D eigenvalue weighted by Gasteiger charge is -2.50. The van der Waals surface area contributed by atoms with Gasteiger partial charge in [0.05, 0.1) is 11.8 Å². The summed E-state index contributed by atoms with van der Waals surface area (Å²) < 4.78 is 10.6. The van der Waals surface area contributed by atoms with E-state index in [-0.39, 0.29) is 35.5 Å². The van der Waals surface area contributed by atoms with E-state index in [0.717, 1.165) is 11.1 Å². The Morgan fingerprint density at radius 2 is 1.97 bits per heavy atom. The van der Waals surface area contributed by atoms with Crippen LogP contribution in [0.5, 0.6) is 0 Å². The third-order valence-electron chi connectivity index (χ3n) is 5.07. The third-order valence-corrected chi connectivity index (χ3v) is 6.72. The lowest BCUT2D eigenvalue weighted by atomic mass is 9.98. The van der Waals surface area contributed by atoms with Gasteiger partial charge in [-0.05, 0) is 44.1 Å². The number of β-lactam (4-membered cyclic amide) rings is 1. The van der Waals surface area contributed by atoms with Gasteiger partial charge < -0.3 is 14.8 Å². The molecular formula is C24H26N2O5S2. The third kappa shape index (κ3) is 5.75. The Kier molecular flexibility index (Phi) is 7.82. The van der Waals surface area contributed by atoms with Crippen LogP contribution in [0.2, 0.25) is 0 Å². The molecular weight excluding hydrogens is 460 g/mol. The molecule has 0 spiro atoms. The van der Waals surface area contributed by atoms with Gasteiger partial charge in [-0.15, -0.1) is 24.1 Å². The maximum absolute atomic E-state index is 13.0. The van der Waals surface area contributed by atoms with Gasteiger partial charge in [0.25, 0.3) is 5.91 Å². The lowest BCUT2D eigenvalue weighted by Crippen LogP contribution is -2.70. The molecule has 1 fully saturated rings. The second kappa shape index (κ2) is 10.4. The molecule has 33 heavy (non-hydrogen) atoms. The van der Waals surface area contributed by atoms with E-state index in [0.29, 0.717) is 17.9 Å². The molecule has 0 bridgehead atoms. The van der Waals surface area contributed by atoms with E-state index in [9.17, 15) is 14.4 Å². The summed E-state index contributed by atoms with van der Waals surface area (Å²) in [5, 5.41) is 2.55. The number of carbonyl (C=O) groups is 3. The highest BCUT2D eigenvalue weighted by Crippen LogP contribution is 2.41. The standard InChI is InChI=1S/C24H26N2O5S2/c1-5-9-16-13-33-21-18(25-17(27)12-15-10-7-6-8-11-15)20(28)26(21)19(16)22(32)30-14-31-23(29)24(2,3)4/h1,6-8,10-11,18,21H,9,12-14H2,2-4H3,(H,25,27)/t18-,21-/m1/s1. The monoisotopic (exact) mass is 486 g/mol. The number of thiocarbonyl (C=S) groups is 1. The van der Waals surface area contributed by atoms with Gasteiger partial charge >= 0.3 is 5.97 Å². The maximum atomic E-state index is 13.0. The Balaban J connectivity index is 1.66. The number of thioether (sulfide) groups is 1. The van der Waals surface area contributed by atoms with Crippen molar-refractivity contribution in [2.75, 3.05) is 12.5 Å². The summed E-state index contributed by atoms with van der Waals surface area (Å²) in [5.41, 5.74) is 1.40. The Bertz CT molecular complexity index is 1020. The zero-order valence-electron chi connectivity index (χ0n) is 18.8. The van der Waals surface area contributed by atoms with Gasteiger partial charge in [0.1, 0.15) is 17.1 Å². The summed E-state index contributed by atoms with van der Waals surface area (Å²) in [5.74, 6) is 2.19. The van der Waals surface area contributed by atoms with Crippen LogP contribution in [-0.2, 0) is 30.3 Å². The first-order valence-electron chi connectivity index (χ1n) is 10.4. The number of nitrogens with zero attached hydrogens (tertiary/aromatic N) is 1. The molecule has 2 aliphatic rings. The smallest absolute Gasteiger partial charge is 0.314 e. The van der Waals surface area contributed by atoms with Crippen LogP contribution >= 0.6 is 24.0 Å². The number of benzene rings is 1. The van der Waals surface area contributed by atoms with Crippen molar-refractivity contribution in [3.63, 3.8) is 0 Å². The van der Waals surface area contributed by atoms with E-state index in [1.54, 1.807) is 20.8 Å². The minimum atomic E-state index is -0.677. The van der Waals surface area contributed by atoms with Crippen molar-refractivity contribution in [2.45, 2.75) is 45.0 Å². The number of carbonyl (C=O) groups excluding carboxylic acids is 3. The zero-order chi connectivity index (χ0) is 24.2. The molecule has 1 aromatic carbocycles. The molecule has 0 unspecified atom stereocenters. The fraction of sp³-hybridized carbons (Fsp3) is 0.417. The number of esters is 1. The summed E-state index contributed by atoms with van der Waals surface area (Å²) >= 11 is 6.92. The molecule has 2 heterocycles. The van der Waals surface area contributed by atoms with Crippen LogP contribution in [-0.4, -0.2) is 51.7 Å². The Hall–Kier alpha value is -2.83. The van der Waals surface area contributed by atoms with Crippen molar-refractivity contribution in [1.29, 1.82) is 0 Å². The molecule has 0 aromatic heterocycles. The van der Waals surface area contributed by atoms with E-state index in [4.69, 9.17) is 28.1 Å². The molecule has 0 saturated carbocycles. The number of rotatable bonds is 7. The van der Waals surface area contributed by atoms with Crippen LogP contribution in [0.3, 0.4) is 0 Å². The molecule has 9 heteroatoms. The van der Waals surface area contributed by atoms with Crippen molar-refractivity contribution in [2.24, 2.45) is 5.41 Å². The highest BCUT2D eigenvalue weighted by Gasteiger charge is 2.53. The van der Waals surface area contributed by atoms with Crippen LogP contribution in [0.1, 0.15) is 32.8 Å². The van der Waals surface area contributed by atoms with Crippen molar-refractivity contribution in [1.82, 2.24) is 10.2 Å². The van der Waals surface area contributed by atoms with Crippen LogP contribution in [0.15, 0.2) is 41.6 Å². The van der Waals surface area contributed by atoms with E-state index < -0.39 is 17.4 Å². The number of nitrogens with one attached hydrogen (secondary N) is 1. The number of terminal acetylenes is 1. The molecule has 7 nitrogen and oxygen atoms in total. The van der Waals surface area contributed by atoms with Gasteiger partial charge in [-0.2, -0.15) is 0 Å². The number of fused-ring (bicyclic) bond motifs is 1. The first kappa shape index (κ1) is 24.8. The Morgan fingerprint density at radius 3 is 2.61 bits per heavy atom. The summed E-state index contributed by atoms with van der Waals surface area (Å²) in [6.07, 6.45) is 5.99. The molecule has 0 aliphatic carbocycles. The fourth-order valence-electron chi connectivity index (χ4n) is 3.36. The van der Waals surface area contributed by atoms with Gasteiger partial charge in [0, 0.05) is 12.2 Å². The summed E-state index contributed by atoms with van der Waals surface area (Å²) in [4.78, 5) is 38.9. The summed E-state index contributed by atoms with van der Waals surface area (Å²) in [7, 11) is 0. The average molecular weight is 487 g/mol. The highest BCUT2D eigenvalue weighted by molar-refractivity contribution is 8.00. The van der Waals surface area contributed by atoms with Crippen LogP contribution < -0.4 is 5.32 Å². The maximum Gasteiger partial charge on any atom is 0.314 e. The minimum Gasteiger partial charge on any atom is -0.445 e. The Labute approximate surface area is 203 Å². The lowest BCUT2D eigenvalue weighted by molar-refractivity contribution is -0.160. The SMILES string of the molecule is C#CCC1=C(C(=S)OCOC(=O)C(C)(C)C)N2C(=O)[C@@H](NC(=O)Cc3ccccc3)[C@H]2SC1. The molecule has 2 aliphatic heterocycles. The number of hydrogen-bond donors (Lipinski definition) is 1. The van der Waals surface area contributed by atoms with Crippen molar-refractivity contribution in [3.8, 4) is 12.3 Å². The van der Waals surface area contributed by atoms with Gasteiger partial charge in [0.15, 0.2) is 0 Å². The van der Waals surface area contributed by atoms with Gasteiger partial charge in [-0.3, -0.25) is 19.3 Å². The molecule has 2 amide bonds. The number of amides is 2. The fourth-order valence-corrected chi connectivity index (χ4v) is 4.99. The zero-order valence-corrected chi connectivity index (χ0v) is 20.4.